The van der Waals surface area contributed by atoms with E-state index >= 15 is 0 Å². The number of anilines is 2. The van der Waals surface area contributed by atoms with E-state index in [0.717, 1.165) is 17.8 Å². The van der Waals surface area contributed by atoms with Crippen LogP contribution >= 0.6 is 0 Å². The van der Waals surface area contributed by atoms with Crippen molar-refractivity contribution in [1.82, 2.24) is 9.97 Å². The molecule has 0 fully saturated rings. The smallest absolute Gasteiger partial charge is 0.416 e. The number of nitrogens with one attached hydrogen (secondary N) is 2. The minimum Gasteiger partial charge on any atom is -0.455 e. The summed E-state index contributed by atoms with van der Waals surface area (Å²) in [7, 11) is 3.77. The molecule has 37 heavy (non-hydrogen) atoms. The van der Waals surface area contributed by atoms with Gasteiger partial charge in [0.2, 0.25) is 5.91 Å². The molecule has 4 aromatic rings. The van der Waals surface area contributed by atoms with Gasteiger partial charge in [-0.25, -0.2) is 4.98 Å². The Kier molecular flexibility index (Phi) is 7.44. The Morgan fingerprint density at radius 1 is 1.08 bits per heavy atom. The topological polar surface area (TPSA) is 96.5 Å². The van der Waals surface area contributed by atoms with Crippen LogP contribution in [0, 0.1) is 0 Å². The summed E-state index contributed by atoms with van der Waals surface area (Å²) in [5.41, 5.74) is 0.860. The van der Waals surface area contributed by atoms with Gasteiger partial charge >= 0.3 is 6.18 Å². The zero-order valence-corrected chi connectivity index (χ0v) is 19.9. The first kappa shape index (κ1) is 25.7. The predicted molar refractivity (Wildman–Crippen MR) is 133 cm³/mol. The molecule has 0 bridgehead atoms. The molecule has 0 spiro atoms. The number of carbonyl (C=O) groups excluding carboxylic acids is 1. The molecule has 1 heterocycles. The van der Waals surface area contributed by atoms with Gasteiger partial charge in [-0.1, -0.05) is 18.2 Å². The van der Waals surface area contributed by atoms with Crippen LogP contribution in [0.2, 0.25) is 0 Å². The number of hydrogen-bond donors (Lipinski definition) is 2. The van der Waals surface area contributed by atoms with Crippen LogP contribution in [0.1, 0.15) is 11.1 Å². The molecule has 0 aliphatic carbocycles. The first-order valence-corrected chi connectivity index (χ1v) is 11.1. The van der Waals surface area contributed by atoms with Crippen molar-refractivity contribution in [2.24, 2.45) is 0 Å². The van der Waals surface area contributed by atoms with E-state index in [0.29, 0.717) is 16.8 Å². The summed E-state index contributed by atoms with van der Waals surface area (Å²) in [6.07, 6.45) is -3.17. The largest absolute Gasteiger partial charge is 0.455 e. The molecule has 2 N–H and O–H groups in total. The van der Waals surface area contributed by atoms with Crippen LogP contribution in [0.15, 0.2) is 71.8 Å². The van der Waals surface area contributed by atoms with Crippen LogP contribution in [0.3, 0.4) is 0 Å². The highest BCUT2D eigenvalue weighted by Crippen LogP contribution is 2.34. The Labute approximate surface area is 209 Å². The Hall–Kier alpha value is -4.38. The SMILES string of the molecule is CN(C)c1cccc(Oc2cc3c(=O)[nH]cnc3cc2NC(=O)COCc2ccc(C(F)(F)F)cc2)c1. The molecule has 0 atom stereocenters. The van der Waals surface area contributed by atoms with Crippen LogP contribution in [0.25, 0.3) is 10.9 Å². The van der Waals surface area contributed by atoms with Crippen molar-refractivity contribution in [1.29, 1.82) is 0 Å². The van der Waals surface area contributed by atoms with E-state index < -0.39 is 17.6 Å². The number of benzene rings is 3. The van der Waals surface area contributed by atoms with Crippen molar-refractivity contribution < 1.29 is 27.4 Å². The Balaban J connectivity index is 1.50. The monoisotopic (exact) mass is 512 g/mol. The standard InChI is InChI=1S/C26H23F3N4O4/c1-33(2)18-4-3-5-19(10-18)37-23-11-20-21(30-15-31-25(20)35)12-22(23)32-24(34)14-36-13-16-6-8-17(9-7-16)26(27,28)29/h3-12,15H,13-14H2,1-2H3,(H,32,34)(H,30,31,35). The van der Waals surface area contributed by atoms with E-state index in [1.807, 2.05) is 31.1 Å². The van der Waals surface area contributed by atoms with Crippen molar-refractivity contribution in [2.45, 2.75) is 12.8 Å². The van der Waals surface area contributed by atoms with Crippen LogP contribution in [0.4, 0.5) is 24.5 Å². The number of aromatic amines is 1. The molecule has 192 valence electrons. The fourth-order valence-corrected chi connectivity index (χ4v) is 3.47. The molecule has 8 nitrogen and oxygen atoms in total. The lowest BCUT2D eigenvalue weighted by molar-refractivity contribution is -0.137. The third-order valence-corrected chi connectivity index (χ3v) is 5.36. The van der Waals surface area contributed by atoms with Crippen molar-refractivity contribution in [3.63, 3.8) is 0 Å². The molecule has 0 aliphatic rings. The minimum absolute atomic E-state index is 0.0547. The number of H-pyrrole nitrogens is 1. The highest BCUT2D eigenvalue weighted by atomic mass is 19.4. The highest BCUT2D eigenvalue weighted by molar-refractivity contribution is 5.96. The molecule has 1 amide bonds. The summed E-state index contributed by atoms with van der Waals surface area (Å²) in [4.78, 5) is 33.4. The molecular weight excluding hydrogens is 489 g/mol. The molecule has 1 aromatic heterocycles. The summed E-state index contributed by atoms with van der Waals surface area (Å²) in [6.45, 7) is -0.418. The average molecular weight is 512 g/mol. The Morgan fingerprint density at radius 3 is 2.54 bits per heavy atom. The van der Waals surface area contributed by atoms with E-state index in [2.05, 4.69) is 15.3 Å². The maximum Gasteiger partial charge on any atom is 0.416 e. The lowest BCUT2D eigenvalue weighted by Crippen LogP contribution is -2.19. The van der Waals surface area contributed by atoms with E-state index in [-0.39, 0.29) is 35.6 Å². The Morgan fingerprint density at radius 2 is 1.84 bits per heavy atom. The summed E-state index contributed by atoms with van der Waals surface area (Å²) in [5, 5.41) is 2.97. The third kappa shape index (κ3) is 6.44. The Bertz CT molecular complexity index is 1470. The van der Waals surface area contributed by atoms with Gasteiger partial charge in [0.15, 0.2) is 5.75 Å². The molecule has 0 unspecified atom stereocenters. The molecule has 4 rings (SSSR count). The first-order valence-electron chi connectivity index (χ1n) is 11.1. The average Bonchev–Trinajstić information content (AvgIpc) is 2.85. The van der Waals surface area contributed by atoms with E-state index in [1.165, 1.54) is 30.6 Å². The van der Waals surface area contributed by atoms with E-state index in [1.54, 1.807) is 12.1 Å². The van der Waals surface area contributed by atoms with Gasteiger partial charge in [0.05, 0.1) is 35.1 Å². The second-order valence-corrected chi connectivity index (χ2v) is 8.33. The zero-order chi connectivity index (χ0) is 26.6. The molecule has 11 heteroatoms. The number of carbonyl (C=O) groups is 1. The van der Waals surface area contributed by atoms with Crippen LogP contribution < -0.4 is 20.5 Å². The van der Waals surface area contributed by atoms with Crippen molar-refractivity contribution in [3.8, 4) is 11.5 Å². The highest BCUT2D eigenvalue weighted by Gasteiger charge is 2.29. The lowest BCUT2D eigenvalue weighted by Gasteiger charge is -2.16. The predicted octanol–water partition coefficient (Wildman–Crippen LogP) is 4.96. The van der Waals surface area contributed by atoms with Crippen molar-refractivity contribution in [3.05, 3.63) is 88.5 Å². The van der Waals surface area contributed by atoms with E-state index in [4.69, 9.17) is 9.47 Å². The maximum atomic E-state index is 12.7. The van der Waals surface area contributed by atoms with Crippen molar-refractivity contribution in [2.75, 3.05) is 30.9 Å². The number of hydrogen-bond acceptors (Lipinski definition) is 6. The summed E-state index contributed by atoms with van der Waals surface area (Å²) >= 11 is 0. The van der Waals surface area contributed by atoms with E-state index in [9.17, 15) is 22.8 Å². The molecular formula is C26H23F3N4O4. The number of rotatable bonds is 8. The second-order valence-electron chi connectivity index (χ2n) is 8.33. The summed E-state index contributed by atoms with van der Waals surface area (Å²) < 4.78 is 49.5. The quantitative estimate of drug-likeness (QED) is 0.347. The van der Waals surface area contributed by atoms with Crippen LogP contribution in [-0.4, -0.2) is 36.6 Å². The van der Waals surface area contributed by atoms with Gasteiger partial charge < -0.3 is 24.7 Å². The number of alkyl halides is 3. The van der Waals surface area contributed by atoms with Crippen molar-refractivity contribution >= 4 is 28.2 Å². The molecule has 0 radical (unpaired) electrons. The fraction of sp³-hybridized carbons (Fsp3) is 0.192. The number of ether oxygens (including phenoxy) is 2. The number of amides is 1. The second kappa shape index (κ2) is 10.7. The number of fused-ring (bicyclic) bond motifs is 1. The fourth-order valence-electron chi connectivity index (χ4n) is 3.47. The molecule has 0 saturated heterocycles. The van der Waals surface area contributed by atoms with Crippen LogP contribution in [-0.2, 0) is 22.3 Å². The van der Waals surface area contributed by atoms with Gasteiger partial charge in [0.1, 0.15) is 12.4 Å². The number of aromatic nitrogens is 2. The van der Waals surface area contributed by atoms with Gasteiger partial charge in [-0.2, -0.15) is 13.2 Å². The lowest BCUT2D eigenvalue weighted by atomic mass is 10.1. The maximum absolute atomic E-state index is 12.7. The summed E-state index contributed by atoms with van der Waals surface area (Å²) in [6, 6.07) is 14.8. The zero-order valence-electron chi connectivity index (χ0n) is 19.9. The van der Waals surface area contributed by atoms with Gasteiger partial charge in [-0.15, -0.1) is 0 Å². The molecule has 0 aliphatic heterocycles. The third-order valence-electron chi connectivity index (χ3n) is 5.36. The summed E-state index contributed by atoms with van der Waals surface area (Å²) in [5.74, 6) is 0.181. The van der Waals surface area contributed by atoms with Gasteiger partial charge in [-0.3, -0.25) is 9.59 Å². The minimum atomic E-state index is -4.42. The first-order chi connectivity index (χ1) is 17.6. The van der Waals surface area contributed by atoms with Gasteiger partial charge in [-0.05, 0) is 42.0 Å². The normalized spacial score (nSPS) is 11.4. The molecule has 0 saturated carbocycles. The number of nitrogens with zero attached hydrogens (tertiary/aromatic N) is 2. The van der Waals surface area contributed by atoms with Gasteiger partial charge in [0.25, 0.3) is 5.56 Å². The number of halogens is 3. The van der Waals surface area contributed by atoms with Crippen LogP contribution in [0.5, 0.6) is 11.5 Å². The van der Waals surface area contributed by atoms with Gasteiger partial charge in [0, 0.05) is 25.8 Å². The molecule has 3 aromatic carbocycles.